The van der Waals surface area contributed by atoms with Crippen molar-refractivity contribution in [3.05, 3.63) is 348 Å². The molecule has 0 aliphatic carbocycles. The van der Waals surface area contributed by atoms with Crippen molar-refractivity contribution in [2.75, 3.05) is 115 Å². The number of halogens is 4. The number of nitrogens with zero attached hydrogens (tertiary/aromatic N) is 10. The molecule has 5 aromatic heterocycles. The Kier molecular flexibility index (Phi) is 27.8. The van der Waals surface area contributed by atoms with E-state index in [1.54, 1.807) is 104 Å². The summed E-state index contributed by atoms with van der Waals surface area (Å²) >= 11 is 6.40. The van der Waals surface area contributed by atoms with Gasteiger partial charge in [0.15, 0.2) is 29.6 Å². The van der Waals surface area contributed by atoms with Crippen molar-refractivity contribution in [1.29, 1.82) is 0 Å². The number of fused-ring (bicyclic) bond motifs is 4. The molecular formula is C99H80ClF3N14O16S4. The van der Waals surface area contributed by atoms with Crippen molar-refractivity contribution < 1.29 is 85.0 Å². The average Bonchev–Trinajstić information content (AvgIpc) is 0.789. The number of anilines is 8. The predicted molar refractivity (Wildman–Crippen MR) is 520 cm³/mol. The molecule has 4 aliphatic heterocycles. The van der Waals surface area contributed by atoms with Gasteiger partial charge in [-0.3, -0.25) is 51.4 Å². The molecule has 11 aromatic carbocycles. The third kappa shape index (κ3) is 21.5. The average molecular weight is 1940 g/mol. The van der Waals surface area contributed by atoms with Crippen molar-refractivity contribution in [2.24, 2.45) is 0 Å². The SMILES string of the molecule is Cc1ccc(NC(=O)c2ccc(N3CCOCS3(=O)=O)cc2)cc1-c1nccc2ccccc12.O=C(Nc1ccc(Cl)c(-c2ccc3ccccc3n2)c1)c1ccc(N2CCOCS2(=O)=O)cc1F.O=C(Nc1cccc(-c2ncc3ccccc3n2)c1)c1ccc(N2CCOCS2(=O)=O)cc1F.O=C(Nc1cccc(-c2nccc3ncccc23)c1)c1ccc(N2CCOCS2(=O)=O)cc1F. The first-order valence-electron chi connectivity index (χ1n) is 42.4. The van der Waals surface area contributed by atoms with E-state index in [-0.39, 0.29) is 91.6 Å². The van der Waals surface area contributed by atoms with E-state index < -0.39 is 93.1 Å². The fraction of sp³-hybridized carbons (Fsp3) is 0.131. The molecule has 137 heavy (non-hydrogen) atoms. The molecule has 30 nitrogen and oxygen atoms in total. The van der Waals surface area contributed by atoms with Crippen molar-refractivity contribution in [1.82, 2.24) is 29.9 Å². The Bertz CT molecular complexity index is 7890. The van der Waals surface area contributed by atoms with E-state index in [1.165, 1.54) is 40.7 Å². The van der Waals surface area contributed by atoms with Crippen molar-refractivity contribution >= 4 is 164 Å². The Morgan fingerprint density at radius 2 is 0.796 bits per heavy atom. The number of para-hydroxylation sites is 2. The summed E-state index contributed by atoms with van der Waals surface area (Å²) in [6.07, 6.45) is 6.89. The fourth-order valence-corrected chi connectivity index (χ4v) is 20.6. The molecule has 38 heteroatoms. The number of hydrogen-bond acceptors (Lipinski definition) is 22. The van der Waals surface area contributed by atoms with Crippen LogP contribution in [-0.4, -0.2) is 164 Å². The molecule has 4 N–H and O–H groups in total. The van der Waals surface area contributed by atoms with Gasteiger partial charge < -0.3 is 40.2 Å². The highest BCUT2D eigenvalue weighted by molar-refractivity contribution is 7.93. The van der Waals surface area contributed by atoms with E-state index in [0.29, 0.717) is 74.0 Å². The molecule has 4 fully saturated rings. The van der Waals surface area contributed by atoms with Gasteiger partial charge in [-0.1, -0.05) is 109 Å². The monoisotopic (exact) mass is 1940 g/mol. The van der Waals surface area contributed by atoms with Crippen molar-refractivity contribution in [3.63, 3.8) is 0 Å². The maximum absolute atomic E-state index is 14.8. The molecule has 4 amide bonds. The molecule has 0 radical (unpaired) electrons. The number of hydrogen-bond donors (Lipinski definition) is 4. The third-order valence-corrected chi connectivity index (χ3v) is 28.7. The van der Waals surface area contributed by atoms with Crippen LogP contribution in [-0.2, 0) is 59.0 Å². The van der Waals surface area contributed by atoms with Crippen LogP contribution in [0.25, 0.3) is 88.6 Å². The zero-order valence-corrected chi connectivity index (χ0v) is 76.4. The van der Waals surface area contributed by atoms with Gasteiger partial charge >= 0.3 is 0 Å². The molecular weight excluding hydrogens is 1860 g/mol. The van der Waals surface area contributed by atoms with Crippen LogP contribution in [0.3, 0.4) is 0 Å². The summed E-state index contributed by atoms with van der Waals surface area (Å²) in [5.74, 6) is -6.01. The predicted octanol–water partition coefficient (Wildman–Crippen LogP) is 17.3. The normalized spacial score (nSPS) is 15.2. The molecule has 9 heterocycles. The smallest absolute Gasteiger partial charge is 0.259 e. The van der Waals surface area contributed by atoms with Crippen LogP contribution in [0.2, 0.25) is 5.02 Å². The molecule has 0 spiro atoms. The van der Waals surface area contributed by atoms with E-state index in [0.717, 1.165) is 97.0 Å². The number of benzene rings is 11. The molecule has 4 aliphatic rings. The second-order valence-corrected chi connectivity index (χ2v) is 39.1. The number of aromatic nitrogens is 6. The molecule has 694 valence electrons. The number of pyridine rings is 4. The van der Waals surface area contributed by atoms with Gasteiger partial charge in [-0.15, -0.1) is 0 Å². The first-order chi connectivity index (χ1) is 66.1. The zero-order valence-electron chi connectivity index (χ0n) is 72.4. The zero-order chi connectivity index (χ0) is 95.7. The van der Waals surface area contributed by atoms with Crippen LogP contribution in [0.1, 0.15) is 47.0 Å². The summed E-state index contributed by atoms with van der Waals surface area (Å²) in [5, 5.41) is 16.4. The minimum absolute atomic E-state index is 0.0731. The van der Waals surface area contributed by atoms with Crippen LogP contribution in [0.15, 0.2) is 298 Å². The number of carbonyl (C=O) groups excluding carboxylic acids is 4. The van der Waals surface area contributed by atoms with Gasteiger partial charge in [0.25, 0.3) is 63.7 Å². The van der Waals surface area contributed by atoms with Crippen LogP contribution in [0.5, 0.6) is 0 Å². The standard InChI is InChI=1S/C26H23N3O4S.C25H19ClFN3O4S.2C24H19FN4O4S/c1-18-6-9-21(16-24(18)25-23-5-3-2-4-19(23)12-13-27-25)28-26(30)20-7-10-22(11-8-20)29-14-15-33-17-34(29,31)32;26-21-9-6-17(13-20(21)24-10-5-16-3-1-2-4-23(16)29-24)28-25(31)19-8-7-18(14-22(19)27)30-11-12-34-15-35(30,32)33;25-21-14-18(29-11-12-33-15-34(29,31)32)6-7-19(21)24(30)28-17-4-1-3-16(13-17)23-20-5-2-9-26-22(20)8-10-27-23;25-21-13-19(29-10-11-33-15-34(29,31)32)8-9-20(21)24(30)27-18-6-3-5-16(12-18)23-26-14-17-4-1-2-7-22(17)28-23/h2-13,16H,14-15,17H2,1H3,(H,28,30);1-10,13-14H,11-12,15H2,(H,28,31);1-10,13-14H,11-12,15H2,(H,28,30);1-9,12-14H,10-11,15H2,(H,27,30). The van der Waals surface area contributed by atoms with Crippen molar-refractivity contribution in [3.8, 4) is 45.2 Å². The Morgan fingerprint density at radius 3 is 1.34 bits per heavy atom. The highest BCUT2D eigenvalue weighted by Crippen LogP contribution is 2.37. The molecule has 20 rings (SSSR count). The van der Waals surface area contributed by atoms with E-state index in [2.05, 4.69) is 51.2 Å². The van der Waals surface area contributed by atoms with E-state index in [9.17, 15) is 66.0 Å². The lowest BCUT2D eigenvalue weighted by atomic mass is 9.99. The van der Waals surface area contributed by atoms with Gasteiger partial charge in [0.2, 0.25) is 0 Å². The second-order valence-electron chi connectivity index (χ2n) is 31.3. The Morgan fingerprint density at radius 1 is 0.350 bits per heavy atom. The maximum atomic E-state index is 14.8. The summed E-state index contributed by atoms with van der Waals surface area (Å²) < 4.78 is 166. The van der Waals surface area contributed by atoms with Gasteiger partial charge in [0.1, 0.15) is 17.5 Å². The first-order valence-corrected chi connectivity index (χ1v) is 49.2. The number of ether oxygens (including phenoxy) is 4. The largest absolute Gasteiger partial charge is 0.362 e. The summed E-state index contributed by atoms with van der Waals surface area (Å²) in [6, 6.07) is 77.0. The summed E-state index contributed by atoms with van der Waals surface area (Å²) in [4.78, 5) is 78.2. The summed E-state index contributed by atoms with van der Waals surface area (Å²) in [7, 11) is -14.6. The fourth-order valence-electron chi connectivity index (χ4n) is 15.5. The number of carbonyl (C=O) groups is 4. The lowest BCUT2D eigenvalue weighted by Crippen LogP contribution is -2.41. The topological polar surface area (TPSA) is 380 Å². The number of aryl methyl sites for hydroxylation is 1. The molecule has 0 unspecified atom stereocenters. The lowest BCUT2D eigenvalue weighted by Gasteiger charge is -2.28. The van der Waals surface area contributed by atoms with Gasteiger partial charge in [0.05, 0.1) is 131 Å². The molecule has 16 aromatic rings. The quantitative estimate of drug-likeness (QED) is 0.0698. The second kappa shape index (κ2) is 40.6. The first kappa shape index (κ1) is 93.7. The van der Waals surface area contributed by atoms with Gasteiger partial charge in [-0.2, -0.15) is 0 Å². The van der Waals surface area contributed by atoms with Gasteiger partial charge in [-0.05, 0) is 194 Å². The Hall–Kier alpha value is -15.1. The van der Waals surface area contributed by atoms with Crippen LogP contribution in [0, 0.1) is 24.4 Å². The van der Waals surface area contributed by atoms with Crippen LogP contribution in [0.4, 0.5) is 58.7 Å². The van der Waals surface area contributed by atoms with E-state index in [1.807, 2.05) is 146 Å². The highest BCUT2D eigenvalue weighted by atomic mass is 35.5. The Labute approximate surface area is 788 Å². The minimum Gasteiger partial charge on any atom is -0.362 e. The molecule has 4 saturated heterocycles. The minimum atomic E-state index is -3.70. The molecule has 0 saturated carbocycles. The molecule has 0 bridgehead atoms. The highest BCUT2D eigenvalue weighted by Gasteiger charge is 2.33. The number of amides is 4. The van der Waals surface area contributed by atoms with Crippen molar-refractivity contribution in [2.45, 2.75) is 6.92 Å². The maximum Gasteiger partial charge on any atom is 0.259 e. The van der Waals surface area contributed by atoms with Gasteiger partial charge in [0, 0.05) is 96.9 Å². The van der Waals surface area contributed by atoms with Gasteiger partial charge in [-0.25, -0.2) is 61.8 Å². The number of sulfonamides is 4. The number of rotatable bonds is 16. The summed E-state index contributed by atoms with van der Waals surface area (Å²) in [6.45, 7) is 3.46. The van der Waals surface area contributed by atoms with Crippen LogP contribution >= 0.6 is 11.6 Å². The molecule has 0 atom stereocenters. The lowest BCUT2D eigenvalue weighted by molar-refractivity contribution is 0.101. The Balaban J connectivity index is 0.000000127. The van der Waals surface area contributed by atoms with E-state index >= 15 is 0 Å². The third-order valence-electron chi connectivity index (χ3n) is 22.2. The summed E-state index contributed by atoms with van der Waals surface area (Å²) in [5.41, 5.74) is 11.4. The van der Waals surface area contributed by atoms with Crippen LogP contribution < -0.4 is 38.5 Å². The van der Waals surface area contributed by atoms with E-state index in [4.69, 9.17) is 30.5 Å². The number of nitrogens with one attached hydrogen (secondary N) is 4.